The van der Waals surface area contributed by atoms with Gasteiger partial charge in [-0.3, -0.25) is 9.69 Å². The minimum absolute atomic E-state index is 0.000806. The van der Waals surface area contributed by atoms with E-state index in [4.69, 9.17) is 4.74 Å². The summed E-state index contributed by atoms with van der Waals surface area (Å²) in [6.07, 6.45) is 4.92. The van der Waals surface area contributed by atoms with Crippen molar-refractivity contribution in [1.82, 2.24) is 4.90 Å². The van der Waals surface area contributed by atoms with Crippen molar-refractivity contribution in [3.05, 3.63) is 23.8 Å². The van der Waals surface area contributed by atoms with E-state index in [9.17, 15) is 9.59 Å². The summed E-state index contributed by atoms with van der Waals surface area (Å²) in [5.41, 5.74) is 2.90. The third-order valence-corrected chi connectivity index (χ3v) is 6.13. The number of nitrogens with one attached hydrogen (secondary N) is 1. The predicted octanol–water partition coefficient (Wildman–Crippen LogP) is 2.98. The molecule has 1 aromatic rings. The normalized spacial score (nSPS) is 21.2. The molecule has 140 valence electrons. The maximum atomic E-state index is 12.7. The lowest BCUT2D eigenvalue weighted by atomic mass is 9.75. The van der Waals surface area contributed by atoms with Crippen molar-refractivity contribution in [2.45, 2.75) is 37.5 Å². The Morgan fingerprint density at radius 1 is 1.23 bits per heavy atom. The molecule has 0 unspecified atom stereocenters. The summed E-state index contributed by atoms with van der Waals surface area (Å²) in [6.45, 7) is 2.10. The maximum absolute atomic E-state index is 12.7. The summed E-state index contributed by atoms with van der Waals surface area (Å²) in [4.78, 5) is 28.5. The van der Waals surface area contributed by atoms with Gasteiger partial charge < -0.3 is 15.0 Å². The summed E-state index contributed by atoms with van der Waals surface area (Å²) in [7, 11) is 3.56. The van der Waals surface area contributed by atoms with Gasteiger partial charge in [0, 0.05) is 56.6 Å². The Morgan fingerprint density at radius 2 is 1.96 bits per heavy atom. The van der Waals surface area contributed by atoms with Crippen molar-refractivity contribution in [3.8, 4) is 0 Å². The first-order valence-electron chi connectivity index (χ1n) is 9.52. The van der Waals surface area contributed by atoms with Crippen LogP contribution in [0.25, 0.3) is 0 Å². The Labute approximate surface area is 154 Å². The Morgan fingerprint density at radius 3 is 2.58 bits per heavy atom. The number of hydrogen-bond donors (Lipinski definition) is 1. The first-order valence-corrected chi connectivity index (χ1v) is 9.52. The fourth-order valence-electron chi connectivity index (χ4n) is 4.26. The molecule has 2 heterocycles. The third kappa shape index (κ3) is 2.86. The monoisotopic (exact) mass is 357 g/mol. The highest BCUT2D eigenvalue weighted by atomic mass is 16.5. The molecule has 4 rings (SSSR count). The number of amides is 3. The minimum Gasteiger partial charge on any atom is -0.381 e. The van der Waals surface area contributed by atoms with Crippen LogP contribution in [0.5, 0.6) is 0 Å². The van der Waals surface area contributed by atoms with Crippen LogP contribution >= 0.6 is 0 Å². The number of ether oxygens (including phenoxy) is 1. The molecule has 0 aromatic heterocycles. The summed E-state index contributed by atoms with van der Waals surface area (Å²) in [6, 6.07) is 5.99. The second kappa shape index (κ2) is 6.58. The van der Waals surface area contributed by atoms with Gasteiger partial charge in [-0.2, -0.15) is 0 Å². The number of anilines is 2. The molecule has 26 heavy (non-hydrogen) atoms. The fourth-order valence-corrected chi connectivity index (χ4v) is 4.26. The van der Waals surface area contributed by atoms with Gasteiger partial charge in [0.15, 0.2) is 0 Å². The fraction of sp³-hybridized carbons (Fsp3) is 0.600. The first-order chi connectivity index (χ1) is 12.5. The van der Waals surface area contributed by atoms with E-state index in [-0.39, 0.29) is 23.3 Å². The number of benzene rings is 1. The van der Waals surface area contributed by atoms with Gasteiger partial charge in [0.05, 0.1) is 0 Å². The number of fused-ring (bicyclic) bond motifs is 2. The maximum Gasteiger partial charge on any atom is 0.323 e. The van der Waals surface area contributed by atoms with Crippen molar-refractivity contribution < 1.29 is 14.3 Å². The van der Waals surface area contributed by atoms with Crippen LogP contribution in [0.3, 0.4) is 0 Å². The summed E-state index contributed by atoms with van der Waals surface area (Å²) in [5.74, 6) is 0.281. The molecule has 1 spiro atoms. The lowest BCUT2D eigenvalue weighted by Gasteiger charge is -2.34. The van der Waals surface area contributed by atoms with E-state index >= 15 is 0 Å². The standard InChI is InChI=1S/C20H27N3O3/c1-22(2)19(25)23-13-20(8-10-26-11-9-20)16-12-15(6-7-17(16)23)21-18(24)14-4-3-5-14/h6-7,12,14H,3-5,8-11,13H2,1-2H3,(H,21,24). The number of hydrogen-bond acceptors (Lipinski definition) is 3. The van der Waals surface area contributed by atoms with Gasteiger partial charge in [-0.25, -0.2) is 4.79 Å². The van der Waals surface area contributed by atoms with Crippen LogP contribution in [0.4, 0.5) is 16.2 Å². The summed E-state index contributed by atoms with van der Waals surface area (Å²) in [5, 5.41) is 3.08. The molecule has 1 saturated carbocycles. The summed E-state index contributed by atoms with van der Waals surface area (Å²) < 4.78 is 5.58. The van der Waals surface area contributed by atoms with E-state index in [2.05, 4.69) is 11.4 Å². The molecule has 0 atom stereocenters. The van der Waals surface area contributed by atoms with Gasteiger partial charge in [-0.05, 0) is 49.4 Å². The minimum atomic E-state index is -0.0730. The molecule has 3 aliphatic rings. The van der Waals surface area contributed by atoms with Gasteiger partial charge in [-0.15, -0.1) is 0 Å². The Kier molecular flexibility index (Phi) is 4.39. The van der Waals surface area contributed by atoms with E-state index in [0.717, 1.165) is 43.5 Å². The molecule has 1 aliphatic carbocycles. The predicted molar refractivity (Wildman–Crippen MR) is 101 cm³/mol. The van der Waals surface area contributed by atoms with Gasteiger partial charge in [0.1, 0.15) is 0 Å². The van der Waals surface area contributed by atoms with Gasteiger partial charge >= 0.3 is 6.03 Å². The lowest BCUT2D eigenvalue weighted by Crippen LogP contribution is -2.44. The van der Waals surface area contributed by atoms with E-state index in [1.165, 1.54) is 5.56 Å². The SMILES string of the molecule is CN(C)C(=O)N1CC2(CCOCC2)c2cc(NC(=O)C3CCC3)ccc21. The molecular weight excluding hydrogens is 330 g/mol. The number of carbonyl (C=O) groups is 2. The first kappa shape index (κ1) is 17.3. The topological polar surface area (TPSA) is 61.9 Å². The zero-order valence-corrected chi connectivity index (χ0v) is 15.6. The van der Waals surface area contributed by atoms with Crippen molar-refractivity contribution in [2.75, 3.05) is 44.1 Å². The molecule has 0 bridgehead atoms. The van der Waals surface area contributed by atoms with Crippen molar-refractivity contribution >= 4 is 23.3 Å². The molecule has 1 N–H and O–H groups in total. The highest BCUT2D eigenvalue weighted by Crippen LogP contribution is 2.48. The van der Waals surface area contributed by atoms with Crippen LogP contribution < -0.4 is 10.2 Å². The zero-order chi connectivity index (χ0) is 18.3. The van der Waals surface area contributed by atoms with Crippen LogP contribution in [0, 0.1) is 5.92 Å². The van der Waals surface area contributed by atoms with Gasteiger partial charge in [0.25, 0.3) is 0 Å². The zero-order valence-electron chi connectivity index (χ0n) is 15.6. The van der Waals surface area contributed by atoms with Crippen molar-refractivity contribution in [3.63, 3.8) is 0 Å². The molecule has 1 aromatic carbocycles. The molecule has 1 saturated heterocycles. The van der Waals surface area contributed by atoms with Crippen LogP contribution in [0.15, 0.2) is 18.2 Å². The van der Waals surface area contributed by atoms with Crippen molar-refractivity contribution in [2.24, 2.45) is 5.92 Å². The van der Waals surface area contributed by atoms with Gasteiger partial charge in [0.2, 0.25) is 5.91 Å². The third-order valence-electron chi connectivity index (χ3n) is 6.13. The second-order valence-electron chi connectivity index (χ2n) is 8.00. The molecule has 3 amide bonds. The van der Waals surface area contributed by atoms with E-state index in [0.29, 0.717) is 19.8 Å². The Bertz CT molecular complexity index is 721. The average molecular weight is 357 g/mol. The quantitative estimate of drug-likeness (QED) is 0.885. The summed E-state index contributed by atoms with van der Waals surface area (Å²) >= 11 is 0. The van der Waals surface area contributed by atoms with E-state index in [1.54, 1.807) is 19.0 Å². The average Bonchev–Trinajstić information content (AvgIpc) is 2.87. The number of carbonyl (C=O) groups excluding carboxylic acids is 2. The van der Waals surface area contributed by atoms with Crippen LogP contribution in [0.2, 0.25) is 0 Å². The van der Waals surface area contributed by atoms with Crippen LogP contribution in [-0.2, 0) is 14.9 Å². The van der Waals surface area contributed by atoms with Crippen LogP contribution in [-0.4, -0.2) is 50.7 Å². The number of urea groups is 1. The largest absolute Gasteiger partial charge is 0.381 e. The molecular formula is C20H27N3O3. The highest BCUT2D eigenvalue weighted by Gasteiger charge is 2.46. The molecule has 6 nitrogen and oxygen atoms in total. The van der Waals surface area contributed by atoms with Gasteiger partial charge in [-0.1, -0.05) is 6.42 Å². The van der Waals surface area contributed by atoms with Crippen LogP contribution in [0.1, 0.15) is 37.7 Å². The second-order valence-corrected chi connectivity index (χ2v) is 8.00. The molecule has 6 heteroatoms. The Balaban J connectivity index is 1.66. The van der Waals surface area contributed by atoms with Crippen molar-refractivity contribution in [1.29, 1.82) is 0 Å². The smallest absolute Gasteiger partial charge is 0.323 e. The lowest BCUT2D eigenvalue weighted by molar-refractivity contribution is -0.122. The highest BCUT2D eigenvalue weighted by molar-refractivity contribution is 5.97. The number of nitrogens with zero attached hydrogens (tertiary/aromatic N) is 2. The molecule has 2 fully saturated rings. The molecule has 2 aliphatic heterocycles. The number of rotatable bonds is 2. The van der Waals surface area contributed by atoms with E-state index in [1.807, 2.05) is 17.0 Å². The Hall–Kier alpha value is -2.08. The van der Waals surface area contributed by atoms with E-state index < -0.39 is 0 Å². The molecule has 0 radical (unpaired) electrons.